The number of anilines is 3. The second kappa shape index (κ2) is 10.6. The van der Waals surface area contributed by atoms with Crippen LogP contribution in [0.25, 0.3) is 0 Å². The Morgan fingerprint density at radius 1 is 0.897 bits per heavy atom. The first-order chi connectivity index (χ1) is 18.7. The lowest BCUT2D eigenvalue weighted by molar-refractivity contribution is -0.113. The Labute approximate surface area is 229 Å². The molecule has 2 amide bonds. The van der Waals surface area contributed by atoms with Crippen molar-refractivity contribution in [2.75, 3.05) is 16.0 Å². The van der Waals surface area contributed by atoms with Gasteiger partial charge in [0.25, 0.3) is 11.8 Å². The number of rotatable bonds is 6. The zero-order valence-electron chi connectivity index (χ0n) is 22.9. The minimum absolute atomic E-state index is 0.219. The van der Waals surface area contributed by atoms with Crippen LogP contribution in [0.1, 0.15) is 58.1 Å². The summed E-state index contributed by atoms with van der Waals surface area (Å²) in [5.74, 6) is 0.0548. The fourth-order valence-electron chi connectivity index (χ4n) is 5.02. The van der Waals surface area contributed by atoms with Crippen molar-refractivity contribution in [2.45, 2.75) is 47.1 Å². The van der Waals surface area contributed by atoms with E-state index < -0.39 is 6.04 Å². The molecule has 7 heteroatoms. The highest BCUT2D eigenvalue weighted by atomic mass is 16.2. The number of amides is 2. The van der Waals surface area contributed by atoms with Crippen molar-refractivity contribution in [3.63, 3.8) is 0 Å². The highest BCUT2D eigenvalue weighted by Gasteiger charge is 2.35. The zero-order valence-corrected chi connectivity index (χ0v) is 22.9. The maximum Gasteiger partial charge on any atom is 0.261 e. The Kier molecular flexibility index (Phi) is 7.07. The highest BCUT2D eigenvalue weighted by molar-refractivity contribution is 6.09. The predicted octanol–water partition coefficient (Wildman–Crippen LogP) is 6.55. The number of aryl methyl sites for hydroxylation is 4. The van der Waals surface area contributed by atoms with Crippen LogP contribution in [0, 0.1) is 20.8 Å². The van der Waals surface area contributed by atoms with Crippen molar-refractivity contribution in [3.8, 4) is 0 Å². The molecule has 1 aliphatic heterocycles. The molecule has 3 N–H and O–H groups in total. The number of benzene rings is 3. The van der Waals surface area contributed by atoms with Crippen LogP contribution in [0.15, 0.2) is 84.2 Å². The molecular weight excluding hydrogens is 486 g/mol. The molecule has 1 atom stereocenters. The van der Waals surface area contributed by atoms with E-state index in [1.807, 2.05) is 82.3 Å². The van der Waals surface area contributed by atoms with Gasteiger partial charge in [0.2, 0.25) is 0 Å². The second-order valence-electron chi connectivity index (χ2n) is 10.1. The number of carbonyl (C=O) groups is 2. The molecule has 0 radical (unpaired) electrons. The predicted molar refractivity (Wildman–Crippen MR) is 156 cm³/mol. The van der Waals surface area contributed by atoms with Crippen LogP contribution in [0.2, 0.25) is 0 Å². The number of fused-ring (bicyclic) bond motifs is 1. The molecule has 0 aliphatic carbocycles. The second-order valence-corrected chi connectivity index (χ2v) is 10.1. The molecule has 39 heavy (non-hydrogen) atoms. The van der Waals surface area contributed by atoms with E-state index in [0.29, 0.717) is 28.3 Å². The van der Waals surface area contributed by atoms with Gasteiger partial charge in [0.05, 0.1) is 11.8 Å². The number of allylic oxidation sites excluding steroid dienone is 1. The number of nitrogens with one attached hydrogen (secondary N) is 3. The van der Waals surface area contributed by atoms with E-state index in [1.54, 1.807) is 10.9 Å². The Morgan fingerprint density at radius 2 is 1.64 bits per heavy atom. The Bertz CT molecular complexity index is 1600. The number of hydrogen-bond donors (Lipinski definition) is 3. The van der Waals surface area contributed by atoms with Crippen molar-refractivity contribution in [1.82, 2.24) is 9.78 Å². The van der Waals surface area contributed by atoms with E-state index in [0.717, 1.165) is 34.4 Å². The van der Waals surface area contributed by atoms with Gasteiger partial charge in [-0.1, -0.05) is 61.0 Å². The minimum Gasteiger partial charge on any atom is -0.343 e. The molecule has 2 heterocycles. The number of nitrogens with zero attached hydrogens (tertiary/aromatic N) is 2. The van der Waals surface area contributed by atoms with Crippen LogP contribution in [0.4, 0.5) is 17.2 Å². The Hall–Kier alpha value is -4.65. The summed E-state index contributed by atoms with van der Waals surface area (Å²) in [4.78, 5) is 27.1. The zero-order chi connectivity index (χ0) is 27.7. The SMILES string of the molecule is CCc1ccc([C@H]2C(C(=O)Nc3ccc(C)cc3C)=C(C)Nc3c(C(=O)Nc4cccc(C)c4)cnn32)cc1. The summed E-state index contributed by atoms with van der Waals surface area (Å²) < 4.78 is 1.73. The van der Waals surface area contributed by atoms with E-state index in [-0.39, 0.29) is 11.8 Å². The minimum atomic E-state index is -0.515. The molecule has 1 aromatic heterocycles. The van der Waals surface area contributed by atoms with Crippen molar-refractivity contribution in [2.24, 2.45) is 0 Å². The van der Waals surface area contributed by atoms with Gasteiger partial charge in [0.15, 0.2) is 0 Å². The van der Waals surface area contributed by atoms with Crippen molar-refractivity contribution >= 4 is 29.0 Å². The van der Waals surface area contributed by atoms with Gasteiger partial charge < -0.3 is 16.0 Å². The van der Waals surface area contributed by atoms with E-state index in [9.17, 15) is 9.59 Å². The van der Waals surface area contributed by atoms with Gasteiger partial charge in [-0.2, -0.15) is 5.10 Å². The average Bonchev–Trinajstić information content (AvgIpc) is 3.33. The molecule has 5 rings (SSSR count). The van der Waals surface area contributed by atoms with Gasteiger partial charge in [-0.25, -0.2) is 4.68 Å². The third-order valence-electron chi connectivity index (χ3n) is 7.12. The van der Waals surface area contributed by atoms with Crippen LogP contribution in [0.5, 0.6) is 0 Å². The first kappa shape index (κ1) is 26.0. The first-order valence-electron chi connectivity index (χ1n) is 13.2. The van der Waals surface area contributed by atoms with Crippen molar-refractivity contribution in [1.29, 1.82) is 0 Å². The fraction of sp³-hybridized carbons (Fsp3) is 0.219. The Morgan fingerprint density at radius 3 is 2.33 bits per heavy atom. The third kappa shape index (κ3) is 5.21. The summed E-state index contributed by atoms with van der Waals surface area (Å²) in [5.41, 5.74) is 8.37. The third-order valence-corrected chi connectivity index (χ3v) is 7.12. The molecule has 0 saturated carbocycles. The average molecular weight is 520 g/mol. The monoisotopic (exact) mass is 519 g/mol. The fourth-order valence-corrected chi connectivity index (χ4v) is 5.02. The molecular formula is C32H33N5O2. The quantitative estimate of drug-likeness (QED) is 0.270. The smallest absolute Gasteiger partial charge is 0.261 e. The van der Waals surface area contributed by atoms with E-state index >= 15 is 0 Å². The standard InChI is InChI=1S/C32H33N5O2/c1-6-23-11-13-24(14-12-23)29-28(32(39)36-27-15-10-20(3)16-21(27)4)22(5)34-30-26(18-33-37(29)30)31(38)35-25-9-7-8-19(2)17-25/h7-18,29,34H,6H2,1-5H3,(H,35,38)(H,36,39)/t29-/m0/s1. The first-order valence-corrected chi connectivity index (χ1v) is 13.2. The van der Waals surface area contributed by atoms with Crippen molar-refractivity contribution < 1.29 is 9.59 Å². The molecule has 4 aromatic rings. The van der Waals surface area contributed by atoms with Crippen LogP contribution in [-0.2, 0) is 11.2 Å². The summed E-state index contributed by atoms with van der Waals surface area (Å²) in [7, 11) is 0. The molecule has 0 spiro atoms. The Balaban J connectivity index is 1.54. The summed E-state index contributed by atoms with van der Waals surface area (Å²) >= 11 is 0. The van der Waals surface area contributed by atoms with Crippen LogP contribution in [0.3, 0.4) is 0 Å². The van der Waals surface area contributed by atoms with Crippen LogP contribution < -0.4 is 16.0 Å². The number of carbonyl (C=O) groups excluding carboxylic acids is 2. The molecule has 198 valence electrons. The summed E-state index contributed by atoms with van der Waals surface area (Å²) in [6, 6.07) is 21.3. The summed E-state index contributed by atoms with van der Waals surface area (Å²) in [6.07, 6.45) is 2.47. The van der Waals surface area contributed by atoms with Gasteiger partial charge in [-0.05, 0) is 74.6 Å². The lowest BCUT2D eigenvalue weighted by Crippen LogP contribution is -2.32. The lowest BCUT2D eigenvalue weighted by Gasteiger charge is -2.30. The largest absolute Gasteiger partial charge is 0.343 e. The highest BCUT2D eigenvalue weighted by Crippen LogP contribution is 2.38. The number of aromatic nitrogens is 2. The van der Waals surface area contributed by atoms with Crippen molar-refractivity contribution in [3.05, 3.63) is 118 Å². The van der Waals surface area contributed by atoms with Gasteiger partial charge >= 0.3 is 0 Å². The van der Waals surface area contributed by atoms with Crippen LogP contribution >= 0.6 is 0 Å². The van der Waals surface area contributed by atoms with Gasteiger partial charge in [-0.15, -0.1) is 0 Å². The van der Waals surface area contributed by atoms with E-state index in [4.69, 9.17) is 0 Å². The number of hydrogen-bond acceptors (Lipinski definition) is 4. The van der Waals surface area contributed by atoms with E-state index in [1.165, 1.54) is 5.56 Å². The molecule has 0 unspecified atom stereocenters. The molecule has 3 aromatic carbocycles. The molecule has 1 aliphatic rings. The van der Waals surface area contributed by atoms with Gasteiger partial charge in [0, 0.05) is 17.1 Å². The summed E-state index contributed by atoms with van der Waals surface area (Å²) in [6.45, 7) is 9.96. The maximum atomic E-state index is 13.8. The molecule has 0 bridgehead atoms. The topological polar surface area (TPSA) is 88.1 Å². The normalized spacial score (nSPS) is 14.4. The molecule has 0 saturated heterocycles. The maximum absolute atomic E-state index is 13.8. The van der Waals surface area contributed by atoms with E-state index in [2.05, 4.69) is 40.1 Å². The molecule has 7 nitrogen and oxygen atoms in total. The summed E-state index contributed by atoms with van der Waals surface area (Å²) in [5, 5.41) is 14.0. The van der Waals surface area contributed by atoms with Crippen LogP contribution in [-0.4, -0.2) is 21.6 Å². The molecule has 0 fully saturated rings. The van der Waals surface area contributed by atoms with Gasteiger partial charge in [-0.3, -0.25) is 9.59 Å². The lowest BCUT2D eigenvalue weighted by atomic mass is 9.93. The van der Waals surface area contributed by atoms with Gasteiger partial charge in [0.1, 0.15) is 17.4 Å².